The molecule has 0 radical (unpaired) electrons. The van der Waals surface area contributed by atoms with E-state index in [2.05, 4.69) is 5.32 Å². The van der Waals surface area contributed by atoms with Crippen LogP contribution in [0, 0.1) is 5.82 Å². The van der Waals surface area contributed by atoms with Crippen molar-refractivity contribution in [2.75, 3.05) is 44.5 Å². The fourth-order valence-electron chi connectivity index (χ4n) is 1.32. The number of methoxy groups -OCH3 is 1. The Morgan fingerprint density at radius 3 is 2.88 bits per heavy atom. The molecule has 5 heteroatoms. The van der Waals surface area contributed by atoms with Gasteiger partial charge in [0.15, 0.2) is 0 Å². The molecule has 0 unspecified atom stereocenters. The Bertz CT molecular complexity index is 334. The number of nitrogens with two attached hydrogens (primary N) is 1. The van der Waals surface area contributed by atoms with Crippen molar-refractivity contribution in [3.8, 4) is 0 Å². The summed E-state index contributed by atoms with van der Waals surface area (Å²) in [5.41, 5.74) is 6.87. The summed E-state index contributed by atoms with van der Waals surface area (Å²) < 4.78 is 23.1. The Kier molecular flexibility index (Phi) is 6.35. The highest BCUT2D eigenvalue weighted by Crippen LogP contribution is 2.18. The third kappa shape index (κ3) is 5.51. The van der Waals surface area contributed by atoms with E-state index in [0.717, 1.165) is 6.42 Å². The van der Waals surface area contributed by atoms with E-state index in [0.29, 0.717) is 37.7 Å². The van der Waals surface area contributed by atoms with Crippen LogP contribution in [0.2, 0.25) is 0 Å². The molecule has 4 nitrogen and oxygen atoms in total. The molecule has 0 bridgehead atoms. The van der Waals surface area contributed by atoms with Crippen LogP contribution in [0.4, 0.5) is 15.8 Å². The number of rotatable bonds is 8. The first-order chi connectivity index (χ1) is 8.24. The number of benzene rings is 1. The fraction of sp³-hybridized carbons (Fsp3) is 0.500. The van der Waals surface area contributed by atoms with Crippen molar-refractivity contribution >= 4 is 11.4 Å². The molecule has 0 spiro atoms. The van der Waals surface area contributed by atoms with Crippen molar-refractivity contribution in [3.63, 3.8) is 0 Å². The highest BCUT2D eigenvalue weighted by atomic mass is 19.1. The van der Waals surface area contributed by atoms with Crippen LogP contribution in [-0.2, 0) is 9.47 Å². The number of anilines is 2. The summed E-state index contributed by atoms with van der Waals surface area (Å²) in [6.07, 6.45) is 0.833. The van der Waals surface area contributed by atoms with E-state index in [9.17, 15) is 4.39 Å². The molecule has 0 aliphatic heterocycles. The number of hydrogen-bond donors (Lipinski definition) is 2. The molecule has 1 rings (SSSR count). The van der Waals surface area contributed by atoms with Gasteiger partial charge in [0.25, 0.3) is 0 Å². The molecule has 0 saturated heterocycles. The summed E-state index contributed by atoms with van der Waals surface area (Å²) in [5.74, 6) is -0.293. The van der Waals surface area contributed by atoms with E-state index in [1.54, 1.807) is 13.2 Å². The Morgan fingerprint density at radius 2 is 2.12 bits per heavy atom. The van der Waals surface area contributed by atoms with Gasteiger partial charge in [-0.15, -0.1) is 0 Å². The van der Waals surface area contributed by atoms with Gasteiger partial charge in [-0.3, -0.25) is 0 Å². The number of nitrogens with one attached hydrogen (secondary N) is 1. The van der Waals surface area contributed by atoms with Crippen molar-refractivity contribution in [1.29, 1.82) is 0 Å². The largest absolute Gasteiger partial charge is 0.397 e. The van der Waals surface area contributed by atoms with E-state index >= 15 is 0 Å². The second kappa shape index (κ2) is 7.86. The van der Waals surface area contributed by atoms with Crippen LogP contribution in [0.15, 0.2) is 18.2 Å². The molecule has 0 saturated carbocycles. The first-order valence-electron chi connectivity index (χ1n) is 5.59. The van der Waals surface area contributed by atoms with Gasteiger partial charge in [0.05, 0.1) is 24.6 Å². The molecule has 0 aliphatic carbocycles. The van der Waals surface area contributed by atoms with Gasteiger partial charge in [0.2, 0.25) is 0 Å². The average molecular weight is 242 g/mol. The van der Waals surface area contributed by atoms with E-state index < -0.39 is 0 Å². The molecule has 0 fully saturated rings. The van der Waals surface area contributed by atoms with E-state index in [4.69, 9.17) is 15.2 Å². The zero-order valence-corrected chi connectivity index (χ0v) is 10.0. The molecule has 1 aromatic carbocycles. The fourth-order valence-corrected chi connectivity index (χ4v) is 1.32. The van der Waals surface area contributed by atoms with Crippen LogP contribution in [0.25, 0.3) is 0 Å². The molecule has 96 valence electrons. The Hall–Kier alpha value is -1.33. The van der Waals surface area contributed by atoms with Gasteiger partial charge in [0.1, 0.15) is 5.82 Å². The summed E-state index contributed by atoms with van der Waals surface area (Å²) in [5, 5.41) is 3.07. The molecular weight excluding hydrogens is 223 g/mol. The zero-order chi connectivity index (χ0) is 12.5. The average Bonchev–Trinajstić information content (AvgIpc) is 2.32. The molecule has 0 aromatic heterocycles. The number of hydrogen-bond acceptors (Lipinski definition) is 4. The standard InChI is InChI=1S/C12H19FN2O2/c1-16-7-8-17-6-2-5-15-12-9-10(13)3-4-11(12)14/h3-4,9,15H,2,5-8,14H2,1H3. The predicted octanol–water partition coefficient (Wildman–Crippen LogP) is 1.87. The van der Waals surface area contributed by atoms with Gasteiger partial charge in [-0.05, 0) is 24.6 Å². The van der Waals surface area contributed by atoms with Crippen molar-refractivity contribution in [2.24, 2.45) is 0 Å². The van der Waals surface area contributed by atoms with Crippen molar-refractivity contribution in [1.82, 2.24) is 0 Å². The second-order valence-corrected chi connectivity index (χ2v) is 3.62. The molecule has 0 amide bonds. The van der Waals surface area contributed by atoms with E-state index in [1.807, 2.05) is 0 Å². The van der Waals surface area contributed by atoms with Crippen molar-refractivity contribution < 1.29 is 13.9 Å². The maximum Gasteiger partial charge on any atom is 0.125 e. The third-order valence-corrected chi connectivity index (χ3v) is 2.23. The minimum absolute atomic E-state index is 0.293. The lowest BCUT2D eigenvalue weighted by Gasteiger charge is -2.09. The maximum absolute atomic E-state index is 12.9. The van der Waals surface area contributed by atoms with Crippen LogP contribution < -0.4 is 11.1 Å². The number of halogens is 1. The van der Waals surface area contributed by atoms with Gasteiger partial charge in [-0.2, -0.15) is 0 Å². The lowest BCUT2D eigenvalue weighted by atomic mass is 10.2. The van der Waals surface area contributed by atoms with Crippen molar-refractivity contribution in [2.45, 2.75) is 6.42 Å². The molecule has 0 heterocycles. The van der Waals surface area contributed by atoms with Gasteiger partial charge in [-0.1, -0.05) is 0 Å². The SMILES string of the molecule is COCCOCCCNc1cc(F)ccc1N. The molecule has 17 heavy (non-hydrogen) atoms. The van der Waals surface area contributed by atoms with Gasteiger partial charge in [-0.25, -0.2) is 4.39 Å². The Labute approximate surface area is 101 Å². The van der Waals surface area contributed by atoms with E-state index in [-0.39, 0.29) is 5.82 Å². The highest BCUT2D eigenvalue weighted by molar-refractivity contribution is 5.65. The van der Waals surface area contributed by atoms with Crippen LogP contribution >= 0.6 is 0 Å². The lowest BCUT2D eigenvalue weighted by Crippen LogP contribution is -2.09. The van der Waals surface area contributed by atoms with Gasteiger partial charge >= 0.3 is 0 Å². The number of ether oxygens (including phenoxy) is 2. The minimum atomic E-state index is -0.293. The first-order valence-corrected chi connectivity index (χ1v) is 5.59. The normalized spacial score (nSPS) is 10.5. The van der Waals surface area contributed by atoms with Crippen LogP contribution in [0.5, 0.6) is 0 Å². The maximum atomic E-state index is 12.9. The van der Waals surface area contributed by atoms with Crippen molar-refractivity contribution in [3.05, 3.63) is 24.0 Å². The Balaban J connectivity index is 2.15. The second-order valence-electron chi connectivity index (χ2n) is 3.62. The highest BCUT2D eigenvalue weighted by Gasteiger charge is 1.99. The van der Waals surface area contributed by atoms with E-state index in [1.165, 1.54) is 12.1 Å². The summed E-state index contributed by atoms with van der Waals surface area (Å²) in [6.45, 7) is 2.54. The molecule has 0 atom stereocenters. The Morgan fingerprint density at radius 1 is 1.29 bits per heavy atom. The third-order valence-electron chi connectivity index (χ3n) is 2.23. The minimum Gasteiger partial charge on any atom is -0.397 e. The zero-order valence-electron chi connectivity index (χ0n) is 10.0. The van der Waals surface area contributed by atoms with Crippen LogP contribution in [0.1, 0.15) is 6.42 Å². The summed E-state index contributed by atoms with van der Waals surface area (Å²) in [6, 6.07) is 4.28. The molecule has 3 N–H and O–H groups in total. The van der Waals surface area contributed by atoms with Gasteiger partial charge in [0, 0.05) is 20.3 Å². The van der Waals surface area contributed by atoms with Crippen LogP contribution in [-0.4, -0.2) is 33.5 Å². The quantitative estimate of drug-likeness (QED) is 0.540. The summed E-state index contributed by atoms with van der Waals surface area (Å²) in [7, 11) is 1.64. The van der Waals surface area contributed by atoms with Crippen LogP contribution in [0.3, 0.4) is 0 Å². The summed E-state index contributed by atoms with van der Waals surface area (Å²) in [4.78, 5) is 0. The topological polar surface area (TPSA) is 56.5 Å². The van der Waals surface area contributed by atoms with Gasteiger partial charge < -0.3 is 20.5 Å². The first kappa shape index (κ1) is 13.7. The summed E-state index contributed by atoms with van der Waals surface area (Å²) >= 11 is 0. The molecule has 1 aromatic rings. The predicted molar refractivity (Wildman–Crippen MR) is 66.6 cm³/mol. The smallest absolute Gasteiger partial charge is 0.125 e. The molecule has 0 aliphatic rings. The molecular formula is C12H19FN2O2. The monoisotopic (exact) mass is 242 g/mol. The number of nitrogen functional groups attached to an aromatic ring is 1. The lowest BCUT2D eigenvalue weighted by molar-refractivity contribution is 0.0705.